The average molecular weight is 1200 g/mol. The number of hydrogen-bond donors (Lipinski definition) is 1. The predicted octanol–water partition coefficient (Wildman–Crippen LogP) is 20.9. The fourth-order valence-electron chi connectivity index (χ4n) is 8.82. The zero-order valence-corrected chi connectivity index (χ0v) is 55.9. The van der Waals surface area contributed by atoms with E-state index in [4.69, 9.17) is 13.8 Å². The van der Waals surface area contributed by atoms with Crippen LogP contribution in [0, 0.1) is 0 Å². The van der Waals surface area contributed by atoms with E-state index < -0.39 is 26.6 Å². The Kier molecular flexibility index (Phi) is 59.5. The van der Waals surface area contributed by atoms with Crippen molar-refractivity contribution in [3.05, 3.63) is 158 Å². The second kappa shape index (κ2) is 62.7. The van der Waals surface area contributed by atoms with E-state index in [0.29, 0.717) is 23.9 Å². The molecule has 0 radical (unpaired) electrons. The molecule has 0 bridgehead atoms. The Hall–Kier alpha value is -4.37. The molecule has 0 spiro atoms. The molecule has 3 unspecified atom stereocenters. The molecule has 0 aromatic carbocycles. The van der Waals surface area contributed by atoms with Gasteiger partial charge in [0.2, 0.25) is 5.91 Å². The number of allylic oxidation sites excluding steroid dienone is 25. The van der Waals surface area contributed by atoms with E-state index in [9.17, 15) is 19.0 Å². The van der Waals surface area contributed by atoms with Gasteiger partial charge in [-0.2, -0.15) is 0 Å². The van der Waals surface area contributed by atoms with Gasteiger partial charge in [0.25, 0.3) is 7.82 Å². The Bertz CT molecular complexity index is 2010. The molecule has 0 aliphatic heterocycles. The lowest BCUT2D eigenvalue weighted by Crippen LogP contribution is -2.47. The third-order valence-corrected chi connectivity index (χ3v) is 14.9. The molecule has 0 aliphatic rings. The number of esters is 1. The predicted molar refractivity (Wildman–Crippen MR) is 366 cm³/mol. The number of phosphoric acid groups is 1. The Labute approximate surface area is 522 Å². The molecule has 0 aromatic heterocycles. The Morgan fingerprint density at radius 2 is 0.753 bits per heavy atom. The molecule has 0 fully saturated rings. The van der Waals surface area contributed by atoms with Crippen LogP contribution in [0.15, 0.2) is 158 Å². The first kappa shape index (κ1) is 80.6. The van der Waals surface area contributed by atoms with E-state index in [-0.39, 0.29) is 31.3 Å². The first-order chi connectivity index (χ1) is 41.4. The molecule has 3 atom stereocenters. The van der Waals surface area contributed by atoms with Crippen LogP contribution in [-0.2, 0) is 27.9 Å². The maximum Gasteiger partial charge on any atom is 0.306 e. The number of rotatable bonds is 59. The smallest absolute Gasteiger partial charge is 0.306 e. The van der Waals surface area contributed by atoms with E-state index in [1.54, 1.807) is 0 Å². The van der Waals surface area contributed by atoms with E-state index in [0.717, 1.165) is 161 Å². The molecular formula is C75H125N2O7P. The van der Waals surface area contributed by atoms with Crippen molar-refractivity contribution >= 4 is 19.7 Å². The minimum absolute atomic E-state index is 0.0398. The van der Waals surface area contributed by atoms with Crippen LogP contribution in [0.25, 0.3) is 0 Å². The number of unbranched alkanes of at least 4 members (excludes halogenated alkanes) is 19. The summed E-state index contributed by atoms with van der Waals surface area (Å²) in [6.45, 7) is 6.56. The van der Waals surface area contributed by atoms with Gasteiger partial charge in [-0.15, -0.1) is 0 Å². The minimum Gasteiger partial charge on any atom is -0.756 e. The van der Waals surface area contributed by atoms with Crippen molar-refractivity contribution < 1.29 is 37.3 Å². The highest BCUT2D eigenvalue weighted by Gasteiger charge is 2.27. The number of hydrogen-bond acceptors (Lipinski definition) is 7. The summed E-state index contributed by atoms with van der Waals surface area (Å²) in [4.78, 5) is 40.1. The van der Waals surface area contributed by atoms with Crippen LogP contribution in [0.5, 0.6) is 0 Å². The van der Waals surface area contributed by atoms with Gasteiger partial charge < -0.3 is 28.5 Å². The van der Waals surface area contributed by atoms with Crippen molar-refractivity contribution in [2.24, 2.45) is 0 Å². The van der Waals surface area contributed by atoms with Crippen LogP contribution in [0.1, 0.15) is 252 Å². The molecule has 9 nitrogen and oxygen atoms in total. The summed E-state index contributed by atoms with van der Waals surface area (Å²) in [5.41, 5.74) is 0. The van der Waals surface area contributed by atoms with Gasteiger partial charge in [0.05, 0.1) is 33.8 Å². The summed E-state index contributed by atoms with van der Waals surface area (Å²) < 4.78 is 30.3. The third kappa shape index (κ3) is 63.9. The molecule has 482 valence electrons. The molecule has 0 rings (SSSR count). The largest absolute Gasteiger partial charge is 0.756 e. The monoisotopic (exact) mass is 1200 g/mol. The molecule has 10 heteroatoms. The van der Waals surface area contributed by atoms with Gasteiger partial charge in [0.15, 0.2) is 0 Å². The molecule has 0 aliphatic carbocycles. The summed E-state index contributed by atoms with van der Waals surface area (Å²) in [7, 11) is 1.13. The van der Waals surface area contributed by atoms with Crippen LogP contribution < -0.4 is 10.2 Å². The van der Waals surface area contributed by atoms with Crippen LogP contribution >= 0.6 is 7.82 Å². The second-order valence-electron chi connectivity index (χ2n) is 23.2. The Balaban J connectivity index is 5.21. The van der Waals surface area contributed by atoms with Crippen molar-refractivity contribution in [3.63, 3.8) is 0 Å². The maximum atomic E-state index is 13.6. The number of nitrogens with zero attached hydrogens (tertiary/aromatic N) is 1. The number of likely N-dealkylation sites (N-methyl/N-ethyl adjacent to an activating group) is 1. The van der Waals surface area contributed by atoms with Gasteiger partial charge in [0, 0.05) is 12.8 Å². The summed E-state index contributed by atoms with van der Waals surface area (Å²) in [5, 5.41) is 3.01. The van der Waals surface area contributed by atoms with Crippen LogP contribution in [-0.4, -0.2) is 69.4 Å². The summed E-state index contributed by atoms with van der Waals surface area (Å²) in [5.74, 6) is -0.600. The maximum absolute atomic E-state index is 13.6. The van der Waals surface area contributed by atoms with Crippen LogP contribution in [0.2, 0.25) is 0 Å². The van der Waals surface area contributed by atoms with Crippen molar-refractivity contribution in [1.82, 2.24) is 5.32 Å². The highest BCUT2D eigenvalue weighted by atomic mass is 31.2. The molecule has 0 heterocycles. The molecule has 1 amide bonds. The summed E-state index contributed by atoms with van der Waals surface area (Å²) in [6.07, 6.45) is 92.2. The lowest BCUT2D eigenvalue weighted by atomic mass is 10.1. The quantitative estimate of drug-likeness (QED) is 0.0212. The van der Waals surface area contributed by atoms with E-state index >= 15 is 0 Å². The van der Waals surface area contributed by atoms with Gasteiger partial charge in [-0.05, 0) is 134 Å². The molecular weight excluding hydrogens is 1070 g/mol. The van der Waals surface area contributed by atoms with Gasteiger partial charge in [-0.25, -0.2) is 0 Å². The highest BCUT2D eigenvalue weighted by molar-refractivity contribution is 7.45. The molecule has 0 aromatic rings. The zero-order chi connectivity index (χ0) is 62.1. The van der Waals surface area contributed by atoms with Crippen molar-refractivity contribution in [1.29, 1.82) is 0 Å². The fraction of sp³-hybridized carbons (Fsp3) is 0.627. The lowest BCUT2D eigenvalue weighted by molar-refractivity contribution is -0.870. The average Bonchev–Trinajstić information content (AvgIpc) is 3.58. The fourth-order valence-corrected chi connectivity index (χ4v) is 9.54. The topological polar surface area (TPSA) is 114 Å². The number of nitrogens with one attached hydrogen (secondary N) is 1. The molecule has 0 saturated carbocycles. The first-order valence-corrected chi connectivity index (χ1v) is 35.3. The van der Waals surface area contributed by atoms with Gasteiger partial charge in [-0.3, -0.25) is 14.2 Å². The molecule has 85 heavy (non-hydrogen) atoms. The second-order valence-corrected chi connectivity index (χ2v) is 24.6. The van der Waals surface area contributed by atoms with Gasteiger partial charge in [0.1, 0.15) is 19.3 Å². The number of phosphoric ester groups is 1. The zero-order valence-electron chi connectivity index (χ0n) is 55.0. The number of ether oxygens (including phenoxy) is 1. The molecule has 1 N–H and O–H groups in total. The first-order valence-electron chi connectivity index (χ1n) is 33.8. The summed E-state index contributed by atoms with van der Waals surface area (Å²) >= 11 is 0. The van der Waals surface area contributed by atoms with Gasteiger partial charge in [-0.1, -0.05) is 263 Å². The lowest BCUT2D eigenvalue weighted by Gasteiger charge is -2.30. The number of carbonyl (C=O) groups is 2. The third-order valence-electron chi connectivity index (χ3n) is 14.0. The normalized spacial score (nSPS) is 14.6. The van der Waals surface area contributed by atoms with E-state index in [2.05, 4.69) is 172 Å². The van der Waals surface area contributed by atoms with E-state index in [1.165, 1.54) is 44.9 Å². The Morgan fingerprint density at radius 3 is 1.13 bits per heavy atom. The highest BCUT2D eigenvalue weighted by Crippen LogP contribution is 2.38. The Morgan fingerprint density at radius 1 is 0.424 bits per heavy atom. The molecule has 0 saturated heterocycles. The SMILES string of the molecule is CC/C=C\C/C=C\C/C=C\C/C=C\C/C=C\C/C=C\CCCCCCCCC(=O)OC(/C=C/CCCCCCCCCCC)C(COP(=O)([O-])OCC[N+](C)(C)C)NC(=O)CCCCCC/C=C\C/C=C\C/C=C\C/C=C\C/C=C\C/C=C\CC. The standard InChI is InChI=1S/C75H125N2O7P/c1-7-10-13-16-19-22-25-27-29-31-33-35-37-38-40-42-44-46-48-50-53-56-59-62-65-68-75(79)84-73(66-63-60-57-54-51-24-21-18-15-12-9-3)72(71-83-85(80,81)82-70-69-77(4,5)6)76-74(78)67-64-61-58-55-52-49-47-45-43-41-39-36-34-32-30-28-26-23-20-17-14-11-8-2/h10-11,13-14,19-20,22-23,27-30,33-36,38,40-41,43-44,46-47,49,63,66,72-73H,7-9,12,15-18,21,24-26,31-32,37,39,42,45,48,50-62,64-65,67-71H2,1-6H3,(H-,76,78,80,81)/b13-10-,14-11-,22-19-,23-20-,29-27-,30-28-,35-33-,36-34-,40-38-,43-41-,46-44-,49-47-,66-63+. The van der Waals surface area contributed by atoms with Crippen LogP contribution in [0.4, 0.5) is 0 Å². The number of quaternary nitrogens is 1. The number of amides is 1. The minimum atomic E-state index is -4.73. The van der Waals surface area contributed by atoms with Gasteiger partial charge >= 0.3 is 5.97 Å². The number of carbonyl (C=O) groups excluding carboxylic acids is 2. The van der Waals surface area contributed by atoms with Crippen LogP contribution in [0.3, 0.4) is 0 Å². The van der Waals surface area contributed by atoms with E-state index in [1.807, 2.05) is 33.3 Å². The summed E-state index contributed by atoms with van der Waals surface area (Å²) in [6, 6.07) is -0.922. The van der Waals surface area contributed by atoms with Crippen molar-refractivity contribution in [3.8, 4) is 0 Å². The van der Waals surface area contributed by atoms with Crippen molar-refractivity contribution in [2.75, 3.05) is 40.9 Å². The van der Waals surface area contributed by atoms with Crippen molar-refractivity contribution in [2.45, 2.75) is 264 Å².